The molecule has 3 heteroatoms. The zero-order chi connectivity index (χ0) is 18.2. The van der Waals surface area contributed by atoms with Gasteiger partial charge < -0.3 is 15.2 Å². The van der Waals surface area contributed by atoms with Gasteiger partial charge in [-0.25, -0.2) is 0 Å². The SMILES string of the molecule is Cc1cccc(COc2cccc(CNCC(O)c3ccccc3)c2)c1. The van der Waals surface area contributed by atoms with Crippen molar-refractivity contribution in [2.24, 2.45) is 0 Å². The molecule has 0 aromatic heterocycles. The van der Waals surface area contributed by atoms with Gasteiger partial charge in [0.15, 0.2) is 0 Å². The monoisotopic (exact) mass is 347 g/mol. The molecule has 0 radical (unpaired) electrons. The zero-order valence-electron chi connectivity index (χ0n) is 15.1. The fourth-order valence-corrected chi connectivity index (χ4v) is 2.86. The third kappa shape index (κ3) is 5.45. The van der Waals surface area contributed by atoms with Crippen LogP contribution in [0.25, 0.3) is 0 Å². The molecule has 0 aliphatic carbocycles. The van der Waals surface area contributed by atoms with Crippen molar-refractivity contribution < 1.29 is 9.84 Å². The van der Waals surface area contributed by atoms with Crippen molar-refractivity contribution in [1.29, 1.82) is 0 Å². The summed E-state index contributed by atoms with van der Waals surface area (Å²) in [4.78, 5) is 0. The summed E-state index contributed by atoms with van der Waals surface area (Å²) in [6.07, 6.45) is -0.503. The smallest absolute Gasteiger partial charge is 0.120 e. The Morgan fingerprint density at radius 2 is 1.65 bits per heavy atom. The number of rotatable bonds is 8. The summed E-state index contributed by atoms with van der Waals surface area (Å²) in [6.45, 7) is 3.84. The van der Waals surface area contributed by atoms with Crippen LogP contribution >= 0.6 is 0 Å². The van der Waals surface area contributed by atoms with Gasteiger partial charge >= 0.3 is 0 Å². The lowest BCUT2D eigenvalue weighted by Crippen LogP contribution is -2.21. The van der Waals surface area contributed by atoms with Gasteiger partial charge in [0, 0.05) is 13.1 Å². The van der Waals surface area contributed by atoms with Gasteiger partial charge in [-0.05, 0) is 35.7 Å². The molecule has 1 unspecified atom stereocenters. The lowest BCUT2D eigenvalue weighted by molar-refractivity contribution is 0.174. The maximum atomic E-state index is 10.2. The molecule has 1 atom stereocenters. The number of aryl methyl sites for hydroxylation is 1. The second kappa shape index (κ2) is 9.18. The fourth-order valence-electron chi connectivity index (χ4n) is 2.86. The molecular weight excluding hydrogens is 322 g/mol. The third-order valence-electron chi connectivity index (χ3n) is 4.24. The minimum absolute atomic E-state index is 0.503. The van der Waals surface area contributed by atoms with Gasteiger partial charge in [0.05, 0.1) is 6.10 Å². The summed E-state index contributed by atoms with van der Waals surface area (Å²) in [7, 11) is 0. The zero-order valence-corrected chi connectivity index (χ0v) is 15.1. The molecule has 26 heavy (non-hydrogen) atoms. The van der Waals surface area contributed by atoms with E-state index in [1.165, 1.54) is 11.1 Å². The lowest BCUT2D eigenvalue weighted by atomic mass is 10.1. The Kier molecular flexibility index (Phi) is 6.42. The molecule has 3 nitrogen and oxygen atoms in total. The van der Waals surface area contributed by atoms with E-state index in [1.54, 1.807) is 0 Å². The van der Waals surface area contributed by atoms with Gasteiger partial charge in [0.25, 0.3) is 0 Å². The van der Waals surface area contributed by atoms with E-state index >= 15 is 0 Å². The first-order valence-corrected chi connectivity index (χ1v) is 8.92. The first-order chi connectivity index (χ1) is 12.7. The van der Waals surface area contributed by atoms with Crippen LogP contribution in [-0.2, 0) is 13.2 Å². The Bertz CT molecular complexity index is 817. The van der Waals surface area contributed by atoms with Gasteiger partial charge in [-0.3, -0.25) is 0 Å². The van der Waals surface area contributed by atoms with E-state index in [0.29, 0.717) is 19.7 Å². The van der Waals surface area contributed by atoms with E-state index < -0.39 is 6.10 Å². The number of nitrogens with one attached hydrogen (secondary N) is 1. The Balaban J connectivity index is 1.49. The number of aliphatic hydroxyl groups is 1. The van der Waals surface area contributed by atoms with Crippen molar-refractivity contribution in [3.63, 3.8) is 0 Å². The third-order valence-corrected chi connectivity index (χ3v) is 4.24. The van der Waals surface area contributed by atoms with E-state index in [4.69, 9.17) is 4.74 Å². The number of hydrogen-bond donors (Lipinski definition) is 2. The molecule has 0 heterocycles. The number of hydrogen-bond acceptors (Lipinski definition) is 3. The van der Waals surface area contributed by atoms with Crippen LogP contribution in [0.4, 0.5) is 0 Å². The van der Waals surface area contributed by atoms with E-state index in [-0.39, 0.29) is 0 Å². The predicted molar refractivity (Wildman–Crippen MR) is 105 cm³/mol. The molecule has 3 aromatic rings. The first-order valence-electron chi connectivity index (χ1n) is 8.92. The van der Waals surface area contributed by atoms with E-state index in [1.807, 2.05) is 54.6 Å². The molecular formula is C23H25NO2. The highest BCUT2D eigenvalue weighted by Gasteiger charge is 2.06. The van der Waals surface area contributed by atoms with Crippen LogP contribution in [0.3, 0.4) is 0 Å². The van der Waals surface area contributed by atoms with Crippen LogP contribution < -0.4 is 10.1 Å². The lowest BCUT2D eigenvalue weighted by Gasteiger charge is -2.13. The molecule has 2 N–H and O–H groups in total. The molecule has 3 rings (SSSR count). The second-order valence-corrected chi connectivity index (χ2v) is 6.48. The molecule has 0 spiro atoms. The molecule has 0 aliphatic rings. The maximum Gasteiger partial charge on any atom is 0.120 e. The summed E-state index contributed by atoms with van der Waals surface area (Å²) in [6, 6.07) is 26.1. The molecule has 0 fully saturated rings. The van der Waals surface area contributed by atoms with Gasteiger partial charge in [0.2, 0.25) is 0 Å². The number of aliphatic hydroxyl groups excluding tert-OH is 1. The Hall–Kier alpha value is -2.62. The predicted octanol–water partition coefficient (Wildman–Crippen LogP) is 4.40. The van der Waals surface area contributed by atoms with Gasteiger partial charge in [0.1, 0.15) is 12.4 Å². The van der Waals surface area contributed by atoms with Crippen molar-refractivity contribution in [2.75, 3.05) is 6.54 Å². The van der Waals surface area contributed by atoms with Gasteiger partial charge in [-0.2, -0.15) is 0 Å². The first kappa shape index (κ1) is 18.2. The Morgan fingerprint density at radius 3 is 2.46 bits per heavy atom. The maximum absolute atomic E-state index is 10.2. The minimum atomic E-state index is -0.503. The van der Waals surface area contributed by atoms with Crippen molar-refractivity contribution in [3.05, 3.63) is 101 Å². The summed E-state index contributed by atoms with van der Waals surface area (Å²) in [5.41, 5.74) is 4.46. The van der Waals surface area contributed by atoms with Crippen LogP contribution in [-0.4, -0.2) is 11.7 Å². The van der Waals surface area contributed by atoms with E-state index in [2.05, 4.69) is 36.5 Å². The second-order valence-electron chi connectivity index (χ2n) is 6.48. The molecule has 3 aromatic carbocycles. The van der Waals surface area contributed by atoms with Crippen LogP contribution in [0.1, 0.15) is 28.4 Å². The molecule has 0 bridgehead atoms. The molecule has 0 saturated carbocycles. The summed E-state index contributed by atoms with van der Waals surface area (Å²) < 4.78 is 5.91. The van der Waals surface area contributed by atoms with Crippen molar-refractivity contribution in [3.8, 4) is 5.75 Å². The molecule has 134 valence electrons. The van der Waals surface area contributed by atoms with Crippen LogP contribution in [0.5, 0.6) is 5.75 Å². The molecule has 0 saturated heterocycles. The highest BCUT2D eigenvalue weighted by molar-refractivity contribution is 5.29. The van der Waals surface area contributed by atoms with E-state index in [0.717, 1.165) is 16.9 Å². The van der Waals surface area contributed by atoms with Gasteiger partial charge in [-0.15, -0.1) is 0 Å². The summed E-state index contributed by atoms with van der Waals surface area (Å²) in [5, 5.41) is 13.5. The van der Waals surface area contributed by atoms with Crippen LogP contribution in [0.15, 0.2) is 78.9 Å². The van der Waals surface area contributed by atoms with Crippen LogP contribution in [0, 0.1) is 6.92 Å². The quantitative estimate of drug-likeness (QED) is 0.635. The average Bonchev–Trinajstić information content (AvgIpc) is 2.67. The highest BCUT2D eigenvalue weighted by Crippen LogP contribution is 2.16. The molecule has 0 aliphatic heterocycles. The highest BCUT2D eigenvalue weighted by atomic mass is 16.5. The van der Waals surface area contributed by atoms with Gasteiger partial charge in [-0.1, -0.05) is 72.3 Å². The van der Waals surface area contributed by atoms with Crippen molar-refractivity contribution >= 4 is 0 Å². The van der Waals surface area contributed by atoms with Crippen molar-refractivity contribution in [2.45, 2.75) is 26.2 Å². The number of benzene rings is 3. The summed E-state index contributed by atoms with van der Waals surface area (Å²) >= 11 is 0. The van der Waals surface area contributed by atoms with Crippen molar-refractivity contribution in [1.82, 2.24) is 5.32 Å². The van der Waals surface area contributed by atoms with Crippen LogP contribution in [0.2, 0.25) is 0 Å². The topological polar surface area (TPSA) is 41.5 Å². The largest absolute Gasteiger partial charge is 0.489 e. The molecule has 0 amide bonds. The Labute approximate surface area is 155 Å². The normalized spacial score (nSPS) is 11.9. The standard InChI is InChI=1S/C23H25NO2/c1-18-7-5-9-20(13-18)17-26-22-12-6-8-19(14-22)15-24-16-23(25)21-10-3-2-4-11-21/h2-14,23-25H,15-17H2,1H3. The summed E-state index contributed by atoms with van der Waals surface area (Å²) in [5.74, 6) is 0.856. The van der Waals surface area contributed by atoms with E-state index in [9.17, 15) is 5.11 Å². The minimum Gasteiger partial charge on any atom is -0.489 e. The number of ether oxygens (including phenoxy) is 1. The fraction of sp³-hybridized carbons (Fsp3) is 0.217. The average molecular weight is 347 g/mol. The Morgan fingerprint density at radius 1 is 0.885 bits per heavy atom.